The molecule has 24 heavy (non-hydrogen) atoms. The summed E-state index contributed by atoms with van der Waals surface area (Å²) in [7, 11) is 0. The van der Waals surface area contributed by atoms with Crippen molar-refractivity contribution in [3.05, 3.63) is 18.2 Å². The lowest BCUT2D eigenvalue weighted by atomic mass is 9.99. The predicted octanol–water partition coefficient (Wildman–Crippen LogP) is 2.12. The summed E-state index contributed by atoms with van der Waals surface area (Å²) in [5.74, 6) is 0.912. The lowest BCUT2D eigenvalue weighted by molar-refractivity contribution is -0.127. The van der Waals surface area contributed by atoms with Crippen LogP contribution >= 0.6 is 0 Å². The van der Waals surface area contributed by atoms with E-state index in [1.807, 2.05) is 39.0 Å². The van der Waals surface area contributed by atoms with Gasteiger partial charge >= 0.3 is 0 Å². The Bertz CT molecular complexity index is 656. The Hall–Kier alpha value is -2.24. The zero-order chi connectivity index (χ0) is 17.3. The number of ether oxygens (including phenoxy) is 2. The highest BCUT2D eigenvalue weighted by Crippen LogP contribution is 2.36. The first-order chi connectivity index (χ1) is 11.4. The van der Waals surface area contributed by atoms with E-state index >= 15 is 0 Å². The summed E-state index contributed by atoms with van der Waals surface area (Å²) in [5.41, 5.74) is 0.485. The van der Waals surface area contributed by atoms with E-state index in [0.29, 0.717) is 31.3 Å². The van der Waals surface area contributed by atoms with Gasteiger partial charge in [-0.1, -0.05) is 6.92 Å². The number of carbonyl (C=O) groups is 2. The second-order valence-electron chi connectivity index (χ2n) is 6.96. The first-order valence-electron chi connectivity index (χ1n) is 8.41. The summed E-state index contributed by atoms with van der Waals surface area (Å²) in [6.07, 6.45) is 1.07. The van der Waals surface area contributed by atoms with Crippen molar-refractivity contribution < 1.29 is 19.1 Å². The number of hydrogen-bond acceptors (Lipinski definition) is 4. The molecule has 2 aliphatic heterocycles. The Kier molecular flexibility index (Phi) is 4.39. The minimum atomic E-state index is -0.323. The van der Waals surface area contributed by atoms with Crippen LogP contribution in [-0.4, -0.2) is 37.1 Å². The number of hydrogen-bond donors (Lipinski definition) is 1. The minimum Gasteiger partial charge on any atom is -0.486 e. The van der Waals surface area contributed by atoms with Gasteiger partial charge in [0.25, 0.3) is 0 Å². The number of anilines is 1. The van der Waals surface area contributed by atoms with Crippen LogP contribution in [0.5, 0.6) is 11.5 Å². The van der Waals surface area contributed by atoms with E-state index < -0.39 is 0 Å². The molecular weight excluding hydrogens is 308 g/mol. The van der Waals surface area contributed by atoms with Crippen molar-refractivity contribution in [3.63, 3.8) is 0 Å². The summed E-state index contributed by atoms with van der Waals surface area (Å²) in [6.45, 7) is 7.43. The second kappa shape index (κ2) is 6.34. The van der Waals surface area contributed by atoms with Gasteiger partial charge in [0, 0.05) is 30.3 Å². The summed E-state index contributed by atoms with van der Waals surface area (Å²) in [6, 6.07) is 5.45. The smallest absolute Gasteiger partial charge is 0.227 e. The lowest BCUT2D eigenvalue weighted by Gasteiger charge is -2.26. The maximum Gasteiger partial charge on any atom is 0.227 e. The SMILES string of the molecule is CCC(C)(C)NC(=O)C1CC(=O)N(c2ccc3c(c2)OCCO3)C1. The van der Waals surface area contributed by atoms with E-state index in [1.165, 1.54) is 0 Å². The molecule has 6 nitrogen and oxygen atoms in total. The first-order valence-corrected chi connectivity index (χ1v) is 8.41. The number of nitrogens with zero attached hydrogens (tertiary/aromatic N) is 1. The molecule has 2 heterocycles. The van der Waals surface area contributed by atoms with E-state index in [2.05, 4.69) is 5.32 Å². The molecule has 130 valence electrons. The highest BCUT2D eigenvalue weighted by Gasteiger charge is 2.37. The molecular formula is C18H24N2O4. The molecule has 2 amide bonds. The molecule has 1 N–H and O–H groups in total. The van der Waals surface area contributed by atoms with E-state index in [-0.39, 0.29) is 29.7 Å². The average molecular weight is 332 g/mol. The third kappa shape index (κ3) is 3.32. The lowest BCUT2D eigenvalue weighted by Crippen LogP contribution is -2.46. The van der Waals surface area contributed by atoms with Gasteiger partial charge in [-0.3, -0.25) is 9.59 Å². The Morgan fingerprint density at radius 1 is 1.29 bits per heavy atom. The van der Waals surface area contributed by atoms with Crippen LogP contribution in [0.3, 0.4) is 0 Å². The quantitative estimate of drug-likeness (QED) is 0.917. The van der Waals surface area contributed by atoms with Crippen molar-refractivity contribution in [1.29, 1.82) is 0 Å². The first kappa shape index (κ1) is 16.6. The van der Waals surface area contributed by atoms with Crippen molar-refractivity contribution in [2.24, 2.45) is 5.92 Å². The van der Waals surface area contributed by atoms with Crippen LogP contribution in [0.1, 0.15) is 33.6 Å². The van der Waals surface area contributed by atoms with Crippen LogP contribution in [0.2, 0.25) is 0 Å². The monoisotopic (exact) mass is 332 g/mol. The number of rotatable bonds is 4. The molecule has 0 radical (unpaired) electrons. The maximum atomic E-state index is 12.4. The van der Waals surface area contributed by atoms with Gasteiger partial charge in [0.2, 0.25) is 11.8 Å². The third-order valence-corrected chi connectivity index (χ3v) is 4.68. The molecule has 1 unspecified atom stereocenters. The Labute approximate surface area is 142 Å². The Morgan fingerprint density at radius 2 is 2.00 bits per heavy atom. The molecule has 1 aromatic rings. The number of fused-ring (bicyclic) bond motifs is 1. The second-order valence-corrected chi connectivity index (χ2v) is 6.96. The van der Waals surface area contributed by atoms with E-state index in [9.17, 15) is 9.59 Å². The third-order valence-electron chi connectivity index (χ3n) is 4.68. The van der Waals surface area contributed by atoms with Gasteiger partial charge in [0.1, 0.15) is 13.2 Å². The molecule has 1 aromatic carbocycles. The van der Waals surface area contributed by atoms with Gasteiger partial charge in [-0.05, 0) is 32.4 Å². The number of nitrogens with one attached hydrogen (secondary N) is 1. The summed E-state index contributed by atoms with van der Waals surface area (Å²) >= 11 is 0. The van der Waals surface area contributed by atoms with E-state index in [1.54, 1.807) is 4.90 Å². The van der Waals surface area contributed by atoms with Gasteiger partial charge in [0.05, 0.1) is 5.92 Å². The fourth-order valence-electron chi connectivity index (χ4n) is 2.86. The molecule has 6 heteroatoms. The van der Waals surface area contributed by atoms with Crippen LogP contribution in [-0.2, 0) is 9.59 Å². The molecule has 1 fully saturated rings. The topological polar surface area (TPSA) is 67.9 Å². The van der Waals surface area contributed by atoms with Gasteiger partial charge in [-0.2, -0.15) is 0 Å². The largest absolute Gasteiger partial charge is 0.486 e. The van der Waals surface area contributed by atoms with Gasteiger partial charge in [-0.15, -0.1) is 0 Å². The summed E-state index contributed by atoms with van der Waals surface area (Å²) < 4.78 is 11.1. The summed E-state index contributed by atoms with van der Waals surface area (Å²) in [5, 5.41) is 3.03. The molecule has 0 aliphatic carbocycles. The van der Waals surface area contributed by atoms with Crippen LogP contribution in [0.25, 0.3) is 0 Å². The van der Waals surface area contributed by atoms with Gasteiger partial charge in [-0.25, -0.2) is 0 Å². The Balaban J connectivity index is 1.72. The van der Waals surface area contributed by atoms with Crippen molar-refractivity contribution in [3.8, 4) is 11.5 Å². The maximum absolute atomic E-state index is 12.4. The van der Waals surface area contributed by atoms with Crippen molar-refractivity contribution >= 4 is 17.5 Å². The zero-order valence-corrected chi connectivity index (χ0v) is 14.4. The average Bonchev–Trinajstić information content (AvgIpc) is 2.96. The van der Waals surface area contributed by atoms with Crippen molar-refractivity contribution in [1.82, 2.24) is 5.32 Å². The van der Waals surface area contributed by atoms with Gasteiger partial charge in [0.15, 0.2) is 11.5 Å². The molecule has 0 saturated carbocycles. The van der Waals surface area contributed by atoms with Crippen molar-refractivity contribution in [2.75, 3.05) is 24.7 Å². The fourth-order valence-corrected chi connectivity index (χ4v) is 2.86. The molecule has 0 aromatic heterocycles. The van der Waals surface area contributed by atoms with Crippen LogP contribution in [0.15, 0.2) is 18.2 Å². The van der Waals surface area contributed by atoms with Gasteiger partial charge < -0.3 is 19.7 Å². The van der Waals surface area contributed by atoms with Crippen LogP contribution < -0.4 is 19.7 Å². The molecule has 0 bridgehead atoms. The molecule has 3 rings (SSSR count). The van der Waals surface area contributed by atoms with Crippen LogP contribution in [0.4, 0.5) is 5.69 Å². The standard InChI is InChI=1S/C18H24N2O4/c1-4-18(2,3)19-17(22)12-9-16(21)20(11-12)13-5-6-14-15(10-13)24-8-7-23-14/h5-6,10,12H,4,7-9,11H2,1-3H3,(H,19,22). The van der Waals surface area contributed by atoms with E-state index in [0.717, 1.165) is 12.1 Å². The predicted molar refractivity (Wildman–Crippen MR) is 90.4 cm³/mol. The minimum absolute atomic E-state index is 0.0406. The number of amides is 2. The normalized spacial score (nSPS) is 20.2. The highest BCUT2D eigenvalue weighted by molar-refractivity contribution is 6.00. The van der Waals surface area contributed by atoms with Crippen LogP contribution in [0, 0.1) is 5.92 Å². The fraction of sp³-hybridized carbons (Fsp3) is 0.556. The van der Waals surface area contributed by atoms with E-state index in [4.69, 9.17) is 9.47 Å². The summed E-state index contributed by atoms with van der Waals surface area (Å²) in [4.78, 5) is 26.5. The highest BCUT2D eigenvalue weighted by atomic mass is 16.6. The number of carbonyl (C=O) groups excluding carboxylic acids is 2. The zero-order valence-electron chi connectivity index (χ0n) is 14.4. The molecule has 0 spiro atoms. The number of benzene rings is 1. The Morgan fingerprint density at radius 3 is 2.71 bits per heavy atom. The molecule has 1 atom stereocenters. The molecule has 1 saturated heterocycles. The van der Waals surface area contributed by atoms with Crippen molar-refractivity contribution in [2.45, 2.75) is 39.2 Å². The molecule has 2 aliphatic rings.